The van der Waals surface area contributed by atoms with Gasteiger partial charge in [0.25, 0.3) is 5.91 Å². The minimum Gasteiger partial charge on any atom is -0.494 e. The molecule has 0 fully saturated rings. The highest BCUT2D eigenvalue weighted by Crippen LogP contribution is 2.43. The van der Waals surface area contributed by atoms with Gasteiger partial charge in [-0.2, -0.15) is 0 Å². The van der Waals surface area contributed by atoms with Crippen LogP contribution in [0.3, 0.4) is 0 Å². The summed E-state index contributed by atoms with van der Waals surface area (Å²) in [5.41, 5.74) is 1.38. The monoisotopic (exact) mass is 518 g/mol. The molecule has 0 radical (unpaired) electrons. The van der Waals surface area contributed by atoms with Crippen LogP contribution >= 0.6 is 11.3 Å². The topological polar surface area (TPSA) is 98.9 Å². The SMILES string of the molecule is COC(=O)c1sc(N2C(=O)c3oc4ccccc4c(=O)c3[C@@H]2c2cccc(OCCC(C)C)c2)nc1C. The molecule has 0 N–H and O–H groups in total. The standard InChI is InChI=1S/C28H26N2O6S/c1-15(2)12-13-35-18-9-7-8-17(14-18)22-21-23(31)19-10-5-6-11-20(19)36-24(21)26(32)30(22)28-29-16(3)25(37-28)27(33)34-4/h5-11,14-15,22H,12-13H2,1-4H3/t22-/m0/s1. The fourth-order valence-corrected chi connectivity index (χ4v) is 5.40. The summed E-state index contributed by atoms with van der Waals surface area (Å²) in [6.07, 6.45) is 0.894. The van der Waals surface area contributed by atoms with Crippen molar-refractivity contribution in [2.24, 2.45) is 5.92 Å². The Balaban J connectivity index is 1.68. The molecule has 0 bridgehead atoms. The molecule has 1 atom stereocenters. The molecule has 5 rings (SSSR count). The maximum Gasteiger partial charge on any atom is 0.350 e. The molecular weight excluding hydrogens is 492 g/mol. The van der Waals surface area contributed by atoms with Gasteiger partial charge in [-0.1, -0.05) is 49.4 Å². The van der Waals surface area contributed by atoms with Crippen LogP contribution in [-0.4, -0.2) is 30.6 Å². The third-order valence-electron chi connectivity index (χ3n) is 6.28. The molecule has 9 heteroatoms. The van der Waals surface area contributed by atoms with Gasteiger partial charge in [-0.25, -0.2) is 9.78 Å². The molecule has 1 amide bonds. The van der Waals surface area contributed by atoms with Crippen molar-refractivity contribution in [3.8, 4) is 5.75 Å². The minimum absolute atomic E-state index is 0.0349. The van der Waals surface area contributed by atoms with Crippen LogP contribution in [0, 0.1) is 12.8 Å². The van der Waals surface area contributed by atoms with Crippen molar-refractivity contribution in [2.45, 2.75) is 33.2 Å². The lowest BCUT2D eigenvalue weighted by Gasteiger charge is -2.23. The lowest BCUT2D eigenvalue weighted by Crippen LogP contribution is -2.29. The number of esters is 1. The average Bonchev–Trinajstić information content (AvgIpc) is 3.41. The number of hydrogen-bond donors (Lipinski definition) is 0. The van der Waals surface area contributed by atoms with Crippen LogP contribution in [0.4, 0.5) is 5.13 Å². The van der Waals surface area contributed by atoms with Crippen LogP contribution < -0.4 is 15.1 Å². The number of para-hydroxylation sites is 1. The molecule has 190 valence electrons. The van der Waals surface area contributed by atoms with Gasteiger partial charge < -0.3 is 13.9 Å². The van der Waals surface area contributed by atoms with Crippen LogP contribution in [0.15, 0.2) is 57.7 Å². The van der Waals surface area contributed by atoms with Gasteiger partial charge in [-0.05, 0) is 49.1 Å². The number of methoxy groups -OCH3 is 1. The van der Waals surface area contributed by atoms with E-state index in [0.29, 0.717) is 40.5 Å². The Bertz CT molecular complexity index is 1570. The van der Waals surface area contributed by atoms with Crippen molar-refractivity contribution in [1.82, 2.24) is 4.98 Å². The average molecular weight is 519 g/mol. The van der Waals surface area contributed by atoms with Crippen LogP contribution in [0.2, 0.25) is 0 Å². The van der Waals surface area contributed by atoms with Gasteiger partial charge in [0.1, 0.15) is 16.2 Å². The van der Waals surface area contributed by atoms with Gasteiger partial charge in [0.2, 0.25) is 5.76 Å². The number of hydrogen-bond acceptors (Lipinski definition) is 8. The molecular formula is C28H26N2O6S. The van der Waals surface area contributed by atoms with E-state index in [1.165, 1.54) is 12.0 Å². The second-order valence-electron chi connectivity index (χ2n) is 9.25. The number of ether oxygens (including phenoxy) is 2. The molecule has 0 saturated carbocycles. The fraction of sp³-hybridized carbons (Fsp3) is 0.286. The molecule has 0 aliphatic carbocycles. The van der Waals surface area contributed by atoms with Crippen LogP contribution in [-0.2, 0) is 4.74 Å². The van der Waals surface area contributed by atoms with Gasteiger partial charge in [0.15, 0.2) is 10.6 Å². The number of anilines is 1. The Labute approximate surface area is 217 Å². The van der Waals surface area contributed by atoms with Gasteiger partial charge >= 0.3 is 5.97 Å². The van der Waals surface area contributed by atoms with E-state index < -0.39 is 17.9 Å². The highest BCUT2D eigenvalue weighted by molar-refractivity contribution is 7.17. The number of fused-ring (bicyclic) bond motifs is 2. The summed E-state index contributed by atoms with van der Waals surface area (Å²) in [5, 5.41) is 0.657. The zero-order chi connectivity index (χ0) is 26.3. The number of carbonyl (C=O) groups excluding carboxylic acids is 2. The summed E-state index contributed by atoms with van der Waals surface area (Å²) in [6.45, 7) is 6.48. The number of benzene rings is 2. The molecule has 0 unspecified atom stereocenters. The van der Waals surface area contributed by atoms with E-state index in [-0.39, 0.29) is 26.8 Å². The molecule has 4 aromatic rings. The normalized spacial score (nSPS) is 14.9. The fourth-order valence-electron chi connectivity index (χ4n) is 4.39. The number of aromatic nitrogens is 1. The van der Waals surface area contributed by atoms with E-state index in [1.54, 1.807) is 31.2 Å². The van der Waals surface area contributed by atoms with Crippen LogP contribution in [0.25, 0.3) is 11.0 Å². The van der Waals surface area contributed by atoms with Crippen molar-refractivity contribution < 1.29 is 23.5 Å². The van der Waals surface area contributed by atoms with Crippen molar-refractivity contribution >= 4 is 39.3 Å². The first-order valence-electron chi connectivity index (χ1n) is 12.0. The second kappa shape index (κ2) is 9.82. The number of nitrogens with zero attached hydrogens (tertiary/aromatic N) is 2. The summed E-state index contributed by atoms with van der Waals surface area (Å²) in [5.74, 6) is 0.0525. The molecule has 0 spiro atoms. The smallest absolute Gasteiger partial charge is 0.350 e. The van der Waals surface area contributed by atoms with Crippen LogP contribution in [0.1, 0.15) is 63.4 Å². The molecule has 37 heavy (non-hydrogen) atoms. The third kappa shape index (κ3) is 4.40. The highest BCUT2D eigenvalue weighted by Gasteiger charge is 2.45. The lowest BCUT2D eigenvalue weighted by molar-refractivity contribution is 0.0605. The van der Waals surface area contributed by atoms with E-state index in [0.717, 1.165) is 17.8 Å². The maximum absolute atomic E-state index is 13.8. The first-order chi connectivity index (χ1) is 17.8. The largest absolute Gasteiger partial charge is 0.494 e. The number of thiazole rings is 1. The molecule has 1 aliphatic rings. The van der Waals surface area contributed by atoms with Gasteiger partial charge in [0.05, 0.1) is 36.4 Å². The van der Waals surface area contributed by atoms with Crippen molar-refractivity contribution in [3.05, 3.63) is 86.2 Å². The van der Waals surface area contributed by atoms with Crippen LogP contribution in [0.5, 0.6) is 5.75 Å². The molecule has 3 heterocycles. The molecule has 8 nitrogen and oxygen atoms in total. The summed E-state index contributed by atoms with van der Waals surface area (Å²) < 4.78 is 16.8. The van der Waals surface area contributed by atoms with Crippen molar-refractivity contribution in [2.75, 3.05) is 18.6 Å². The molecule has 2 aromatic heterocycles. The summed E-state index contributed by atoms with van der Waals surface area (Å²) in [6, 6.07) is 13.4. The predicted octanol–water partition coefficient (Wildman–Crippen LogP) is 5.52. The van der Waals surface area contributed by atoms with E-state index in [2.05, 4.69) is 18.8 Å². The summed E-state index contributed by atoms with van der Waals surface area (Å²) >= 11 is 1.04. The van der Waals surface area contributed by atoms with Gasteiger partial charge in [0, 0.05) is 0 Å². The van der Waals surface area contributed by atoms with Crippen molar-refractivity contribution in [1.29, 1.82) is 0 Å². The maximum atomic E-state index is 13.8. The summed E-state index contributed by atoms with van der Waals surface area (Å²) in [7, 11) is 1.29. The van der Waals surface area contributed by atoms with E-state index in [4.69, 9.17) is 13.9 Å². The zero-order valence-electron chi connectivity index (χ0n) is 20.9. The van der Waals surface area contributed by atoms with E-state index >= 15 is 0 Å². The quantitative estimate of drug-likeness (QED) is 0.297. The zero-order valence-corrected chi connectivity index (χ0v) is 21.8. The lowest BCUT2D eigenvalue weighted by atomic mass is 9.98. The van der Waals surface area contributed by atoms with Crippen molar-refractivity contribution in [3.63, 3.8) is 0 Å². The Kier molecular flexibility index (Phi) is 6.55. The van der Waals surface area contributed by atoms with E-state index in [1.807, 2.05) is 24.3 Å². The molecule has 1 aliphatic heterocycles. The molecule has 2 aromatic carbocycles. The second-order valence-corrected chi connectivity index (χ2v) is 10.2. The Hall–Kier alpha value is -3.98. The minimum atomic E-state index is -0.812. The first kappa shape index (κ1) is 24.7. The highest BCUT2D eigenvalue weighted by atomic mass is 32.1. The number of rotatable bonds is 7. The Morgan fingerprint density at radius 1 is 1.16 bits per heavy atom. The van der Waals surface area contributed by atoms with Gasteiger partial charge in [-0.15, -0.1) is 0 Å². The summed E-state index contributed by atoms with van der Waals surface area (Å²) in [4.78, 5) is 46.0. The predicted molar refractivity (Wildman–Crippen MR) is 141 cm³/mol. The Morgan fingerprint density at radius 2 is 1.95 bits per heavy atom. The van der Waals surface area contributed by atoms with Gasteiger partial charge in [-0.3, -0.25) is 14.5 Å². The number of amides is 1. The third-order valence-corrected chi connectivity index (χ3v) is 7.41. The Morgan fingerprint density at radius 3 is 2.70 bits per heavy atom. The first-order valence-corrected chi connectivity index (χ1v) is 12.8. The molecule has 0 saturated heterocycles. The van der Waals surface area contributed by atoms with E-state index in [9.17, 15) is 14.4 Å². The number of aryl methyl sites for hydroxylation is 1. The number of carbonyl (C=O) groups is 2.